The summed E-state index contributed by atoms with van der Waals surface area (Å²) in [7, 11) is 0. The Bertz CT molecular complexity index is 834. The number of carbonyl (C=O) groups is 2. The van der Waals surface area contributed by atoms with E-state index in [2.05, 4.69) is 10.6 Å². The number of benzene rings is 2. The van der Waals surface area contributed by atoms with Gasteiger partial charge in [0.15, 0.2) is 0 Å². The largest absolute Gasteiger partial charge is 0.446 e. The van der Waals surface area contributed by atoms with Crippen molar-refractivity contribution in [1.82, 2.24) is 5.32 Å². The van der Waals surface area contributed by atoms with Gasteiger partial charge in [0.2, 0.25) is 12.2 Å². The quantitative estimate of drug-likeness (QED) is 0.437. The van der Waals surface area contributed by atoms with Crippen LogP contribution in [-0.4, -0.2) is 31.0 Å². The topological polar surface area (TPSA) is 58.2 Å². The van der Waals surface area contributed by atoms with Crippen molar-refractivity contribution in [3.63, 3.8) is 0 Å². The first-order valence-corrected chi connectivity index (χ1v) is 9.59. The van der Waals surface area contributed by atoms with E-state index >= 15 is 0 Å². The number of halogens is 6. The second kappa shape index (κ2) is 12.1. The molecule has 1 amide bonds. The SMILES string of the molecule is CC(C)[C@@H](CNc1ccc(C(F)(F)F)cc1)NC(=O)Cc1ccccc1.O=CC(F)(F)F. The van der Waals surface area contributed by atoms with E-state index in [0.717, 1.165) is 17.7 Å². The molecular weight excluding hydrogens is 438 g/mol. The lowest BCUT2D eigenvalue weighted by molar-refractivity contribution is -0.156. The van der Waals surface area contributed by atoms with Crippen molar-refractivity contribution >= 4 is 17.9 Å². The lowest BCUT2D eigenvalue weighted by Gasteiger charge is -2.23. The highest BCUT2D eigenvalue weighted by molar-refractivity contribution is 5.79. The third-order valence-corrected chi connectivity index (χ3v) is 4.23. The second-order valence-corrected chi connectivity index (χ2v) is 7.20. The zero-order valence-electron chi connectivity index (χ0n) is 17.4. The molecule has 176 valence electrons. The van der Waals surface area contributed by atoms with E-state index in [0.29, 0.717) is 18.7 Å². The van der Waals surface area contributed by atoms with Crippen LogP contribution in [0.25, 0.3) is 0 Å². The molecule has 0 radical (unpaired) electrons. The number of rotatable bonds is 7. The third-order valence-electron chi connectivity index (χ3n) is 4.23. The molecule has 2 aromatic rings. The smallest absolute Gasteiger partial charge is 0.383 e. The first-order chi connectivity index (χ1) is 14.8. The maximum atomic E-state index is 12.6. The first kappa shape index (κ1) is 27.0. The molecule has 32 heavy (non-hydrogen) atoms. The van der Waals surface area contributed by atoms with Gasteiger partial charge in [0.25, 0.3) is 0 Å². The van der Waals surface area contributed by atoms with E-state index in [9.17, 15) is 31.1 Å². The predicted molar refractivity (Wildman–Crippen MR) is 109 cm³/mol. The van der Waals surface area contributed by atoms with E-state index < -0.39 is 24.2 Å². The van der Waals surface area contributed by atoms with Gasteiger partial charge in [0.05, 0.1) is 12.0 Å². The summed E-state index contributed by atoms with van der Waals surface area (Å²) in [6.07, 6.45) is -9.75. The molecule has 2 aromatic carbocycles. The van der Waals surface area contributed by atoms with Gasteiger partial charge >= 0.3 is 12.4 Å². The van der Waals surface area contributed by atoms with Crippen molar-refractivity contribution < 1.29 is 35.9 Å². The summed E-state index contributed by atoms with van der Waals surface area (Å²) in [4.78, 5) is 20.9. The van der Waals surface area contributed by atoms with E-state index in [4.69, 9.17) is 4.79 Å². The Morgan fingerprint density at radius 3 is 1.91 bits per heavy atom. The van der Waals surface area contributed by atoms with Crippen LogP contribution in [0.2, 0.25) is 0 Å². The first-order valence-electron chi connectivity index (χ1n) is 9.59. The summed E-state index contributed by atoms with van der Waals surface area (Å²) in [5.74, 6) is 0.0980. The van der Waals surface area contributed by atoms with Crippen molar-refractivity contribution in [2.75, 3.05) is 11.9 Å². The molecule has 0 saturated heterocycles. The number of amides is 1. The molecule has 0 unspecified atom stereocenters. The second-order valence-electron chi connectivity index (χ2n) is 7.20. The van der Waals surface area contributed by atoms with Crippen LogP contribution in [0.1, 0.15) is 25.0 Å². The summed E-state index contributed by atoms with van der Waals surface area (Å²) in [6, 6.07) is 14.2. The van der Waals surface area contributed by atoms with Crippen molar-refractivity contribution in [1.29, 1.82) is 0 Å². The lowest BCUT2D eigenvalue weighted by atomic mass is 10.0. The minimum absolute atomic E-state index is 0.0795. The highest BCUT2D eigenvalue weighted by Gasteiger charge is 2.30. The highest BCUT2D eigenvalue weighted by atomic mass is 19.4. The van der Waals surface area contributed by atoms with Gasteiger partial charge in [-0.05, 0) is 35.7 Å². The van der Waals surface area contributed by atoms with E-state index in [1.807, 2.05) is 44.2 Å². The molecule has 10 heteroatoms. The van der Waals surface area contributed by atoms with Crippen LogP contribution in [0.5, 0.6) is 0 Å². The van der Waals surface area contributed by atoms with Crippen LogP contribution in [0.4, 0.5) is 32.0 Å². The van der Waals surface area contributed by atoms with Gasteiger partial charge in [-0.3, -0.25) is 9.59 Å². The van der Waals surface area contributed by atoms with Crippen LogP contribution in [0, 0.1) is 5.92 Å². The molecule has 0 aromatic heterocycles. The Hall–Kier alpha value is -3.04. The molecule has 0 aliphatic rings. The maximum absolute atomic E-state index is 12.6. The van der Waals surface area contributed by atoms with Crippen LogP contribution in [0.3, 0.4) is 0 Å². The van der Waals surface area contributed by atoms with Crippen LogP contribution in [-0.2, 0) is 22.2 Å². The normalized spacial score (nSPS) is 12.4. The Kier molecular flexibility index (Phi) is 10.2. The van der Waals surface area contributed by atoms with Gasteiger partial charge in [-0.2, -0.15) is 26.3 Å². The molecule has 0 aliphatic heterocycles. The average molecular weight is 462 g/mol. The van der Waals surface area contributed by atoms with Crippen molar-refractivity contribution in [3.05, 3.63) is 65.7 Å². The Balaban J connectivity index is 0.000000751. The number of alkyl halides is 6. The Morgan fingerprint density at radius 1 is 0.938 bits per heavy atom. The number of hydrogen-bond donors (Lipinski definition) is 2. The van der Waals surface area contributed by atoms with E-state index in [-0.39, 0.29) is 17.9 Å². The summed E-state index contributed by atoms with van der Waals surface area (Å²) in [6.45, 7) is 4.41. The molecule has 4 nitrogen and oxygen atoms in total. The molecule has 0 bridgehead atoms. The number of nitrogens with one attached hydrogen (secondary N) is 2. The fourth-order valence-electron chi connectivity index (χ4n) is 2.50. The number of carbonyl (C=O) groups excluding carboxylic acids is 2. The van der Waals surface area contributed by atoms with Gasteiger partial charge in [0, 0.05) is 18.3 Å². The molecule has 2 N–H and O–H groups in total. The minimum Gasteiger partial charge on any atom is -0.383 e. The fraction of sp³-hybridized carbons (Fsp3) is 0.364. The van der Waals surface area contributed by atoms with Crippen molar-refractivity contribution in [2.24, 2.45) is 5.92 Å². The van der Waals surface area contributed by atoms with Crippen LogP contribution in [0.15, 0.2) is 54.6 Å². The predicted octanol–water partition coefficient (Wildman–Crippen LogP) is 5.25. The zero-order valence-corrected chi connectivity index (χ0v) is 17.4. The van der Waals surface area contributed by atoms with E-state index in [1.165, 1.54) is 12.1 Å². The van der Waals surface area contributed by atoms with Gasteiger partial charge < -0.3 is 10.6 Å². The van der Waals surface area contributed by atoms with Crippen molar-refractivity contribution in [2.45, 2.75) is 38.7 Å². The molecule has 0 spiro atoms. The summed E-state index contributed by atoms with van der Waals surface area (Å²) in [5, 5.41) is 6.08. The number of hydrogen-bond acceptors (Lipinski definition) is 3. The van der Waals surface area contributed by atoms with Gasteiger partial charge in [-0.15, -0.1) is 0 Å². The molecular formula is C22H24F6N2O2. The number of aldehydes is 1. The monoisotopic (exact) mass is 462 g/mol. The fourth-order valence-corrected chi connectivity index (χ4v) is 2.50. The molecule has 0 aliphatic carbocycles. The highest BCUT2D eigenvalue weighted by Crippen LogP contribution is 2.29. The molecule has 2 rings (SSSR count). The van der Waals surface area contributed by atoms with Gasteiger partial charge in [-0.25, -0.2) is 0 Å². The molecule has 0 heterocycles. The Labute approximate surface area is 182 Å². The summed E-state index contributed by atoms with van der Waals surface area (Å²) < 4.78 is 69.0. The summed E-state index contributed by atoms with van der Waals surface area (Å²) in [5.41, 5.74) is 0.837. The van der Waals surface area contributed by atoms with Gasteiger partial charge in [0.1, 0.15) is 0 Å². The van der Waals surface area contributed by atoms with E-state index in [1.54, 1.807) is 0 Å². The lowest BCUT2D eigenvalue weighted by Crippen LogP contribution is -2.43. The third kappa shape index (κ3) is 10.8. The molecule has 0 saturated carbocycles. The molecule has 1 atom stereocenters. The zero-order chi connectivity index (χ0) is 24.4. The summed E-state index contributed by atoms with van der Waals surface area (Å²) >= 11 is 0. The average Bonchev–Trinajstić information content (AvgIpc) is 2.71. The minimum atomic E-state index is -4.64. The Morgan fingerprint density at radius 2 is 1.47 bits per heavy atom. The van der Waals surface area contributed by atoms with Crippen LogP contribution >= 0.6 is 0 Å². The molecule has 0 fully saturated rings. The van der Waals surface area contributed by atoms with Crippen molar-refractivity contribution in [3.8, 4) is 0 Å². The number of anilines is 1. The van der Waals surface area contributed by atoms with Gasteiger partial charge in [-0.1, -0.05) is 44.2 Å². The maximum Gasteiger partial charge on any atom is 0.446 e. The standard InChI is InChI=1S/C20H23F3N2O.C2HF3O/c1-14(2)18(25-19(26)12-15-6-4-3-5-7-15)13-24-17-10-8-16(9-11-17)20(21,22)23;3-2(4,5)1-6/h3-11,14,18,24H,12-13H2,1-2H3,(H,25,26);1H/t18-;/m1./s1. The van der Waals surface area contributed by atoms with Crippen LogP contribution < -0.4 is 10.6 Å².